The first kappa shape index (κ1) is 26.6. The summed E-state index contributed by atoms with van der Waals surface area (Å²) in [7, 11) is 1.50. The molecule has 0 aliphatic carbocycles. The van der Waals surface area contributed by atoms with E-state index in [0.717, 1.165) is 6.07 Å². The number of hydrogen-bond donors (Lipinski definition) is 1. The third kappa shape index (κ3) is 6.07. The zero-order valence-electron chi connectivity index (χ0n) is 19.7. The summed E-state index contributed by atoms with van der Waals surface area (Å²) in [6.07, 6.45) is -10.3. The normalized spacial score (nSPS) is 12.1. The second kappa shape index (κ2) is 9.75. The van der Waals surface area contributed by atoms with Crippen molar-refractivity contribution in [1.82, 2.24) is 29.1 Å². The summed E-state index contributed by atoms with van der Waals surface area (Å²) in [4.78, 5) is 38.0. The fraction of sp³-hybridized carbons (Fsp3) is 0.273. The van der Waals surface area contributed by atoms with Crippen molar-refractivity contribution in [2.75, 3.05) is 10.2 Å². The molecule has 2 amide bonds. The van der Waals surface area contributed by atoms with E-state index in [-0.39, 0.29) is 40.3 Å². The topological polar surface area (TPSA) is 110 Å². The molecule has 0 aromatic carbocycles. The number of rotatable bonds is 6. The highest BCUT2D eigenvalue weighted by Gasteiger charge is 2.37. The molecule has 0 aliphatic heterocycles. The average Bonchev–Trinajstić information content (AvgIpc) is 3.34. The van der Waals surface area contributed by atoms with Crippen molar-refractivity contribution in [3.05, 3.63) is 48.5 Å². The molecule has 4 heterocycles. The predicted octanol–water partition coefficient (Wildman–Crippen LogP) is 4.34. The molecule has 0 aliphatic rings. The lowest BCUT2D eigenvalue weighted by Gasteiger charge is -2.20. The number of nitrogens with zero attached hydrogens (tertiary/aromatic N) is 7. The Hall–Kier alpha value is -4.50. The lowest BCUT2D eigenvalue weighted by Crippen LogP contribution is -2.31. The Morgan fingerprint density at radius 2 is 1.68 bits per heavy atom. The maximum atomic E-state index is 13.2. The minimum atomic E-state index is -4.84. The van der Waals surface area contributed by atoms with Gasteiger partial charge in [0.25, 0.3) is 0 Å². The summed E-state index contributed by atoms with van der Waals surface area (Å²) < 4.78 is 80.3. The summed E-state index contributed by atoms with van der Waals surface area (Å²) in [5, 5.41) is 6.10. The van der Waals surface area contributed by atoms with Crippen LogP contribution in [0.25, 0.3) is 17.0 Å². The van der Waals surface area contributed by atoms with Gasteiger partial charge in [-0.2, -0.15) is 31.4 Å². The second-order valence-electron chi connectivity index (χ2n) is 8.11. The molecule has 16 heteroatoms. The average molecular weight is 540 g/mol. The molecule has 0 saturated heterocycles. The van der Waals surface area contributed by atoms with Crippen molar-refractivity contribution in [3.63, 3.8) is 0 Å². The molecule has 0 atom stereocenters. The van der Waals surface area contributed by atoms with Crippen LogP contribution in [0.1, 0.15) is 18.7 Å². The Morgan fingerprint density at radius 1 is 0.974 bits per heavy atom. The molecule has 0 unspecified atom stereocenters. The first-order valence-corrected chi connectivity index (χ1v) is 10.8. The van der Waals surface area contributed by atoms with Gasteiger partial charge in [-0.1, -0.05) is 6.07 Å². The fourth-order valence-corrected chi connectivity index (χ4v) is 3.63. The van der Waals surface area contributed by atoms with E-state index in [1.54, 1.807) is 12.1 Å². The van der Waals surface area contributed by atoms with Crippen molar-refractivity contribution in [2.24, 2.45) is 7.05 Å². The highest BCUT2D eigenvalue weighted by atomic mass is 19.4. The standard InChI is InChI=1S/C22H18F6N8O2/c1-12-29-13(9-14(30-12)31-17(37)10-21(23,24)25)19-20(32-15-5-3-4-7-35(15)19)36(16-6-8-34(2)33-16)18(38)11-22(26,27)28/h3-9H,10-11H2,1-2H3,(H,29,30,31,37). The molecule has 1 N–H and O–H groups in total. The highest BCUT2D eigenvalue weighted by Crippen LogP contribution is 2.37. The van der Waals surface area contributed by atoms with E-state index < -0.39 is 37.0 Å². The summed E-state index contributed by atoms with van der Waals surface area (Å²) in [6.45, 7) is 1.40. The number of imidazole rings is 1. The number of halogens is 6. The number of fused-ring (bicyclic) bond motifs is 1. The quantitative estimate of drug-likeness (QED) is 0.365. The summed E-state index contributed by atoms with van der Waals surface area (Å²) >= 11 is 0. The van der Waals surface area contributed by atoms with Crippen LogP contribution in [0.15, 0.2) is 42.7 Å². The van der Waals surface area contributed by atoms with E-state index in [2.05, 4.69) is 20.1 Å². The zero-order chi connectivity index (χ0) is 27.8. The number of hydrogen-bond acceptors (Lipinski definition) is 6. The highest BCUT2D eigenvalue weighted by molar-refractivity contribution is 6.02. The van der Waals surface area contributed by atoms with Crippen LogP contribution in [0, 0.1) is 6.92 Å². The first-order chi connectivity index (χ1) is 17.7. The molecule has 4 aromatic heterocycles. The van der Waals surface area contributed by atoms with Gasteiger partial charge in [0.2, 0.25) is 11.8 Å². The molecule has 0 radical (unpaired) electrons. The van der Waals surface area contributed by atoms with Gasteiger partial charge in [-0.3, -0.25) is 18.7 Å². The van der Waals surface area contributed by atoms with E-state index in [9.17, 15) is 35.9 Å². The van der Waals surface area contributed by atoms with Crippen LogP contribution >= 0.6 is 0 Å². The van der Waals surface area contributed by atoms with Crippen LogP contribution in [0.4, 0.5) is 43.8 Å². The van der Waals surface area contributed by atoms with Gasteiger partial charge in [0, 0.05) is 31.6 Å². The number of carbonyl (C=O) groups excluding carboxylic acids is 2. The van der Waals surface area contributed by atoms with E-state index in [1.807, 2.05) is 5.32 Å². The van der Waals surface area contributed by atoms with Crippen molar-refractivity contribution < 1.29 is 35.9 Å². The predicted molar refractivity (Wildman–Crippen MR) is 121 cm³/mol. The number of alkyl halides is 6. The second-order valence-corrected chi connectivity index (χ2v) is 8.11. The molecule has 0 fully saturated rings. The van der Waals surface area contributed by atoms with Gasteiger partial charge in [0.1, 0.15) is 35.8 Å². The minimum absolute atomic E-state index is 0.0126. The Morgan fingerprint density at radius 3 is 2.32 bits per heavy atom. The van der Waals surface area contributed by atoms with Crippen molar-refractivity contribution in [2.45, 2.75) is 32.1 Å². The lowest BCUT2D eigenvalue weighted by molar-refractivity contribution is -0.152. The summed E-state index contributed by atoms with van der Waals surface area (Å²) in [5.41, 5.74) is 0.199. The Kier molecular flexibility index (Phi) is 6.82. The summed E-state index contributed by atoms with van der Waals surface area (Å²) in [6, 6.07) is 7.16. The minimum Gasteiger partial charge on any atom is -0.310 e. The fourth-order valence-electron chi connectivity index (χ4n) is 3.63. The molecular weight excluding hydrogens is 522 g/mol. The molecule has 0 bridgehead atoms. The van der Waals surface area contributed by atoms with Crippen LogP contribution in [-0.4, -0.2) is 53.3 Å². The first-order valence-electron chi connectivity index (χ1n) is 10.8. The Bertz CT molecular complexity index is 1510. The van der Waals surface area contributed by atoms with Crippen molar-refractivity contribution >= 4 is 34.9 Å². The van der Waals surface area contributed by atoms with E-state index in [0.29, 0.717) is 4.90 Å². The van der Waals surface area contributed by atoms with E-state index in [1.165, 1.54) is 47.6 Å². The lowest BCUT2D eigenvalue weighted by atomic mass is 10.2. The number of carbonyl (C=O) groups is 2. The largest absolute Gasteiger partial charge is 0.397 e. The monoisotopic (exact) mass is 540 g/mol. The third-order valence-electron chi connectivity index (χ3n) is 4.96. The van der Waals surface area contributed by atoms with Crippen molar-refractivity contribution in [3.8, 4) is 11.4 Å². The van der Waals surface area contributed by atoms with Gasteiger partial charge in [-0.15, -0.1) is 0 Å². The molecular formula is C22H18F6N8O2. The number of nitrogens with one attached hydrogen (secondary N) is 1. The third-order valence-corrected chi connectivity index (χ3v) is 4.96. The number of anilines is 3. The van der Waals surface area contributed by atoms with Gasteiger partial charge < -0.3 is 5.32 Å². The van der Waals surface area contributed by atoms with Crippen LogP contribution in [-0.2, 0) is 16.6 Å². The van der Waals surface area contributed by atoms with E-state index >= 15 is 0 Å². The molecule has 200 valence electrons. The van der Waals surface area contributed by atoms with Gasteiger partial charge in [0.05, 0.1) is 5.69 Å². The number of aryl methyl sites for hydroxylation is 2. The van der Waals surface area contributed by atoms with Gasteiger partial charge in [-0.25, -0.2) is 19.9 Å². The molecule has 4 aromatic rings. The van der Waals surface area contributed by atoms with Crippen LogP contribution in [0.3, 0.4) is 0 Å². The van der Waals surface area contributed by atoms with Crippen LogP contribution in [0.2, 0.25) is 0 Å². The number of pyridine rings is 1. The Balaban J connectivity index is 1.89. The zero-order valence-corrected chi connectivity index (χ0v) is 19.7. The molecule has 38 heavy (non-hydrogen) atoms. The SMILES string of the molecule is Cc1nc(NC(=O)CC(F)(F)F)cc(-c2c(N(C(=O)CC(F)(F)F)c3ccn(C)n3)nc3ccccn23)n1. The summed E-state index contributed by atoms with van der Waals surface area (Å²) in [5.74, 6) is -3.45. The maximum absolute atomic E-state index is 13.2. The van der Waals surface area contributed by atoms with Gasteiger partial charge in [-0.05, 0) is 19.1 Å². The number of aromatic nitrogens is 6. The molecule has 4 rings (SSSR count). The number of amides is 2. The van der Waals surface area contributed by atoms with Crippen molar-refractivity contribution in [1.29, 1.82) is 0 Å². The maximum Gasteiger partial charge on any atom is 0.397 e. The molecule has 0 spiro atoms. The molecule has 0 saturated carbocycles. The van der Waals surface area contributed by atoms with Crippen LogP contribution < -0.4 is 10.2 Å². The van der Waals surface area contributed by atoms with Gasteiger partial charge in [0.15, 0.2) is 11.6 Å². The van der Waals surface area contributed by atoms with Gasteiger partial charge >= 0.3 is 12.4 Å². The van der Waals surface area contributed by atoms with E-state index in [4.69, 9.17) is 0 Å². The smallest absolute Gasteiger partial charge is 0.310 e. The Labute approximate surface area is 209 Å². The van der Waals surface area contributed by atoms with Crippen LogP contribution in [0.5, 0.6) is 0 Å². The molecule has 10 nitrogen and oxygen atoms in total.